The van der Waals surface area contributed by atoms with Gasteiger partial charge in [0.15, 0.2) is 7.28 Å². The molecule has 0 amide bonds. The zero-order valence-electron chi connectivity index (χ0n) is 40.9. The van der Waals surface area contributed by atoms with Gasteiger partial charge in [-0.15, -0.1) is 0 Å². The predicted octanol–water partition coefficient (Wildman–Crippen LogP) is 15.8. The lowest BCUT2D eigenvalue weighted by atomic mass is 9.57. The van der Waals surface area contributed by atoms with Crippen LogP contribution in [-0.4, -0.2) is 11.8 Å². The standard InChI is InChI=1S/C64H56BN2O/c1-61(2,3)38-24-27-40(28-25-38)66-50-34-48-43(41-20-14-16-22-46(41)63(48,7)8)33-44(50)57-58-55(42-21-15-17-23-47(42)64(58,9)10)56-45-32-39(62(4,5)6)26-29-51(45)67-52-35-54-37(30-49(52)65-59(57)60(56)67)31-53(68-54)36-18-12-11-13-19-36/h11-35,66H,1-10H3. The lowest BCUT2D eigenvalue weighted by molar-refractivity contribution is 0.590. The largest absolute Gasteiger partial charge is 0.456 e. The lowest BCUT2D eigenvalue weighted by Crippen LogP contribution is -2.38. The Kier molecular flexibility index (Phi) is 8.35. The van der Waals surface area contributed by atoms with E-state index in [0.29, 0.717) is 0 Å². The van der Waals surface area contributed by atoms with Gasteiger partial charge in [0.2, 0.25) is 0 Å². The number of fused-ring (bicyclic) bond motifs is 13. The fourth-order valence-corrected chi connectivity index (χ4v) is 12.3. The zero-order valence-corrected chi connectivity index (χ0v) is 40.9. The molecule has 0 fully saturated rings. The maximum Gasteiger partial charge on any atom is 0.197 e. The van der Waals surface area contributed by atoms with Crippen LogP contribution in [0, 0.1) is 0 Å². The Morgan fingerprint density at radius 2 is 1.22 bits per heavy atom. The fraction of sp³-hybridized carbons (Fsp3) is 0.219. The van der Waals surface area contributed by atoms with Gasteiger partial charge in [0, 0.05) is 66.8 Å². The monoisotopic (exact) mass is 879 g/mol. The van der Waals surface area contributed by atoms with E-state index in [1.807, 2.05) is 0 Å². The molecular weight excluding hydrogens is 824 g/mol. The Hall–Kier alpha value is -7.04. The van der Waals surface area contributed by atoms with E-state index in [4.69, 9.17) is 4.42 Å². The third kappa shape index (κ3) is 5.73. The fourth-order valence-electron chi connectivity index (χ4n) is 12.3. The Bertz CT molecular complexity index is 3790. The first kappa shape index (κ1) is 41.2. The Morgan fingerprint density at radius 3 is 1.94 bits per heavy atom. The molecule has 3 aliphatic rings. The average molecular weight is 880 g/mol. The van der Waals surface area contributed by atoms with E-state index in [0.717, 1.165) is 39.4 Å². The van der Waals surface area contributed by atoms with Gasteiger partial charge in [-0.2, -0.15) is 0 Å². The number of furan rings is 1. The van der Waals surface area contributed by atoms with Crippen molar-refractivity contribution in [1.29, 1.82) is 0 Å². The van der Waals surface area contributed by atoms with Gasteiger partial charge in [0.05, 0.1) is 5.52 Å². The molecule has 8 aromatic carbocycles. The number of hydrogen-bond acceptors (Lipinski definition) is 2. The minimum absolute atomic E-state index is 0.0374. The Labute approximate surface area is 401 Å². The second-order valence-corrected chi connectivity index (χ2v) is 22.9. The summed E-state index contributed by atoms with van der Waals surface area (Å²) in [4.78, 5) is 0. The van der Waals surface area contributed by atoms with Crippen molar-refractivity contribution < 1.29 is 4.42 Å². The maximum atomic E-state index is 6.75. The second kappa shape index (κ2) is 13.8. The van der Waals surface area contributed by atoms with Crippen LogP contribution in [0.3, 0.4) is 0 Å². The molecule has 0 saturated heterocycles. The molecule has 0 saturated carbocycles. The van der Waals surface area contributed by atoms with Gasteiger partial charge in [0.1, 0.15) is 11.3 Å². The van der Waals surface area contributed by atoms with Crippen LogP contribution in [0.25, 0.3) is 83.2 Å². The zero-order chi connectivity index (χ0) is 46.8. The van der Waals surface area contributed by atoms with Crippen molar-refractivity contribution in [3.8, 4) is 50.4 Å². The van der Waals surface area contributed by atoms with Crippen molar-refractivity contribution in [2.75, 3.05) is 5.32 Å². The molecule has 4 heteroatoms. The van der Waals surface area contributed by atoms with Crippen LogP contribution in [0.15, 0.2) is 156 Å². The smallest absolute Gasteiger partial charge is 0.197 e. The van der Waals surface area contributed by atoms with E-state index >= 15 is 0 Å². The molecule has 1 aliphatic heterocycles. The average Bonchev–Trinajstić information content (AvgIpc) is 4.02. The molecule has 2 aromatic heterocycles. The molecule has 3 heterocycles. The highest BCUT2D eigenvalue weighted by Crippen LogP contribution is 2.59. The van der Waals surface area contributed by atoms with Crippen LogP contribution < -0.4 is 16.2 Å². The quantitative estimate of drug-likeness (QED) is 0.179. The maximum absolute atomic E-state index is 6.75. The van der Waals surface area contributed by atoms with Crippen LogP contribution in [0.4, 0.5) is 11.4 Å². The highest BCUT2D eigenvalue weighted by molar-refractivity contribution is 6.74. The van der Waals surface area contributed by atoms with Crippen molar-refractivity contribution in [3.63, 3.8) is 0 Å². The van der Waals surface area contributed by atoms with Crippen molar-refractivity contribution in [2.24, 2.45) is 0 Å². The van der Waals surface area contributed by atoms with Crippen LogP contribution in [0.1, 0.15) is 103 Å². The molecule has 1 radical (unpaired) electrons. The first-order valence-corrected chi connectivity index (χ1v) is 24.4. The van der Waals surface area contributed by atoms with E-state index in [1.165, 1.54) is 99.5 Å². The summed E-state index contributed by atoms with van der Waals surface area (Å²) in [5, 5.41) is 7.80. The van der Waals surface area contributed by atoms with Crippen LogP contribution >= 0.6 is 0 Å². The number of hydrogen-bond donors (Lipinski definition) is 1. The van der Waals surface area contributed by atoms with Crippen LogP contribution in [0.5, 0.6) is 0 Å². The Morgan fingerprint density at radius 1 is 0.559 bits per heavy atom. The van der Waals surface area contributed by atoms with Gasteiger partial charge in [-0.05, 0) is 120 Å². The van der Waals surface area contributed by atoms with E-state index in [1.54, 1.807) is 0 Å². The highest BCUT2D eigenvalue weighted by atomic mass is 16.3. The first-order chi connectivity index (χ1) is 32.5. The van der Waals surface area contributed by atoms with Crippen LogP contribution in [0.2, 0.25) is 0 Å². The summed E-state index contributed by atoms with van der Waals surface area (Å²) in [6.45, 7) is 23.5. The van der Waals surface area contributed by atoms with Gasteiger partial charge in [0.25, 0.3) is 0 Å². The topological polar surface area (TPSA) is 30.1 Å². The van der Waals surface area contributed by atoms with E-state index in [2.05, 4.69) is 238 Å². The molecular formula is C64H56BN2O. The molecule has 0 bridgehead atoms. The summed E-state index contributed by atoms with van der Waals surface area (Å²) in [5.74, 6) is 0.878. The van der Waals surface area contributed by atoms with Crippen molar-refractivity contribution in [1.82, 2.24) is 4.57 Å². The summed E-state index contributed by atoms with van der Waals surface area (Å²) in [6, 6.07) is 57.0. The molecule has 0 atom stereocenters. The number of aromatic nitrogens is 1. The normalized spacial score (nSPS) is 15.0. The number of anilines is 2. The molecule has 2 aliphatic carbocycles. The number of nitrogens with zero attached hydrogens (tertiary/aromatic N) is 1. The highest BCUT2D eigenvalue weighted by Gasteiger charge is 2.44. The molecule has 1 N–H and O–H groups in total. The molecule has 3 nitrogen and oxygen atoms in total. The van der Waals surface area contributed by atoms with Crippen molar-refractivity contribution in [2.45, 2.75) is 90.9 Å². The van der Waals surface area contributed by atoms with Gasteiger partial charge >= 0.3 is 0 Å². The minimum Gasteiger partial charge on any atom is -0.456 e. The van der Waals surface area contributed by atoms with Gasteiger partial charge in [-0.25, -0.2) is 0 Å². The summed E-state index contributed by atoms with van der Waals surface area (Å²) in [7, 11) is 2.51. The summed E-state index contributed by atoms with van der Waals surface area (Å²) >= 11 is 0. The SMILES string of the molecule is CC(C)(C)c1ccc(Nc2cc3c(cc2-c2c4c(c5c6cc(C(C)(C)C)ccc6n6c5c2[B]c2cc5cc(-c7ccccc7)oc5cc2-6)-c2ccccc2C4(C)C)-c2ccccc2C3(C)C)cc1. The summed E-state index contributed by atoms with van der Waals surface area (Å²) < 4.78 is 9.33. The van der Waals surface area contributed by atoms with Gasteiger partial charge in [-0.3, -0.25) is 0 Å². The molecule has 13 rings (SSSR count). The van der Waals surface area contributed by atoms with Crippen molar-refractivity contribution >= 4 is 62.4 Å². The molecule has 68 heavy (non-hydrogen) atoms. The van der Waals surface area contributed by atoms with Crippen LogP contribution in [-0.2, 0) is 21.7 Å². The molecule has 0 spiro atoms. The third-order valence-corrected chi connectivity index (χ3v) is 15.9. The first-order valence-electron chi connectivity index (χ1n) is 24.4. The van der Waals surface area contributed by atoms with Crippen molar-refractivity contribution in [3.05, 3.63) is 185 Å². The summed E-state index contributed by atoms with van der Waals surface area (Å²) in [6.07, 6.45) is 0. The second-order valence-electron chi connectivity index (χ2n) is 22.9. The van der Waals surface area contributed by atoms with E-state index < -0.39 is 0 Å². The van der Waals surface area contributed by atoms with Gasteiger partial charge < -0.3 is 14.3 Å². The number of nitrogens with one attached hydrogen (secondary N) is 1. The number of benzene rings is 8. The number of rotatable bonds is 4. The van der Waals surface area contributed by atoms with Gasteiger partial charge in [-0.1, -0.05) is 178 Å². The minimum atomic E-state index is -0.322. The molecule has 10 aromatic rings. The lowest BCUT2D eigenvalue weighted by Gasteiger charge is -2.31. The third-order valence-electron chi connectivity index (χ3n) is 15.9. The molecule has 331 valence electrons. The van der Waals surface area contributed by atoms with E-state index in [9.17, 15) is 0 Å². The summed E-state index contributed by atoms with van der Waals surface area (Å²) in [5.41, 5.74) is 25.6. The van der Waals surface area contributed by atoms with E-state index in [-0.39, 0.29) is 21.7 Å². The Balaban J connectivity index is 1.18. The molecule has 0 unspecified atom stereocenters. The predicted molar refractivity (Wildman–Crippen MR) is 289 cm³/mol.